The fraction of sp³-hybridized carbons (Fsp3) is 0.381. The molecule has 4 rings (SSSR count). The predicted octanol–water partition coefficient (Wildman–Crippen LogP) is -1.41. The first-order valence-corrected chi connectivity index (χ1v) is 19.3. The number of halogens is 2. The third-order valence-corrected chi connectivity index (χ3v) is 23.4. The van der Waals surface area contributed by atoms with Crippen LogP contribution in [0.5, 0.6) is 0 Å². The quantitative estimate of drug-likeness (QED) is 0.516. The minimum Gasteiger partial charge on any atom is -1.00 e. The molecule has 0 saturated heterocycles. The second kappa shape index (κ2) is 9.87. The first kappa shape index (κ1) is 22.9. The summed E-state index contributed by atoms with van der Waals surface area (Å²) in [6.45, 7) is 4.90. The average Bonchev–Trinajstić information content (AvgIpc) is 3.26. The molecule has 6 heteroatoms. The molecule has 2 aliphatic rings. The van der Waals surface area contributed by atoms with Crippen molar-refractivity contribution in [2.75, 3.05) is 0 Å². The van der Waals surface area contributed by atoms with Crippen LogP contribution in [0.4, 0.5) is 0 Å². The molecule has 1 N–H and O–H groups in total. The standard InChI is InChI=1S/C13H9.C6H11NO.C2H7Si.2ClH.Zr/c1-3-7-12-10(5-1)9-11-6-2-4-8-13(11)12;7-6(8)5-3-1-2-4-5;1-3-2;;;/h1-9H;5H,1-4H2,(H2,7,8);3H,1-2H3;2*1H;/q;;;;;+3/p-3. The first-order valence-electron chi connectivity index (χ1n) is 9.52. The molecule has 2 aromatic rings. The van der Waals surface area contributed by atoms with Crippen molar-refractivity contribution in [1.82, 2.24) is 3.26 Å². The summed E-state index contributed by atoms with van der Waals surface area (Å²) in [6.07, 6.45) is 4.65. The number of amides is 1. The van der Waals surface area contributed by atoms with E-state index in [2.05, 4.69) is 64.9 Å². The van der Waals surface area contributed by atoms with Crippen molar-refractivity contribution in [3.8, 4) is 11.1 Å². The largest absolute Gasteiger partial charge is 1.00 e. The van der Waals surface area contributed by atoms with Crippen molar-refractivity contribution in [2.45, 2.75) is 42.4 Å². The van der Waals surface area contributed by atoms with E-state index < -0.39 is 27.1 Å². The maximum Gasteiger partial charge on any atom is -1.00 e. The van der Waals surface area contributed by atoms with Gasteiger partial charge in [-0.25, -0.2) is 0 Å². The summed E-state index contributed by atoms with van der Waals surface area (Å²) in [4.78, 5) is 12.9. The van der Waals surface area contributed by atoms with Crippen molar-refractivity contribution in [3.63, 3.8) is 0 Å². The van der Waals surface area contributed by atoms with Gasteiger partial charge >= 0.3 is 160 Å². The number of hydrogen-bond acceptors (Lipinski definition) is 1. The molecule has 0 heterocycles. The summed E-state index contributed by atoms with van der Waals surface area (Å²) >= 11 is -2.11. The Morgan fingerprint density at radius 1 is 0.926 bits per heavy atom. The van der Waals surface area contributed by atoms with E-state index in [4.69, 9.17) is 0 Å². The number of rotatable bonds is 4. The van der Waals surface area contributed by atoms with Gasteiger partial charge < -0.3 is 24.8 Å². The minimum absolute atomic E-state index is 0. The van der Waals surface area contributed by atoms with E-state index in [-0.39, 0.29) is 30.7 Å². The van der Waals surface area contributed by atoms with Crippen LogP contribution in [0.3, 0.4) is 0 Å². The second-order valence-electron chi connectivity index (χ2n) is 7.69. The van der Waals surface area contributed by atoms with Crippen LogP contribution < -0.4 is 28.1 Å². The molecule has 1 amide bonds. The van der Waals surface area contributed by atoms with E-state index in [0.717, 1.165) is 12.8 Å². The van der Waals surface area contributed by atoms with E-state index in [9.17, 15) is 4.79 Å². The summed E-state index contributed by atoms with van der Waals surface area (Å²) in [5.41, 5.74) is 5.74. The number of carbonyl (C=O) groups is 1. The van der Waals surface area contributed by atoms with Gasteiger partial charge in [-0.2, -0.15) is 0 Å². The average molecular weight is 499 g/mol. The number of hydrogen-bond donors (Lipinski definition) is 1. The number of benzene rings is 2. The zero-order valence-electron chi connectivity index (χ0n) is 15.8. The van der Waals surface area contributed by atoms with Gasteiger partial charge in [-0.05, 0) is 0 Å². The Balaban J connectivity index is 0.00000131. The molecule has 1 fully saturated rings. The van der Waals surface area contributed by atoms with Crippen LogP contribution in [0.25, 0.3) is 11.1 Å². The molecule has 0 radical (unpaired) electrons. The van der Waals surface area contributed by atoms with E-state index in [0.29, 0.717) is 9.53 Å². The molecule has 27 heavy (non-hydrogen) atoms. The van der Waals surface area contributed by atoms with E-state index >= 15 is 0 Å². The topological polar surface area (TPSA) is 29.1 Å². The molecule has 0 bridgehead atoms. The molecule has 2 aromatic carbocycles. The Kier molecular flexibility index (Phi) is 8.36. The Hall–Kier alpha value is -0.410. The maximum atomic E-state index is 12.9. The van der Waals surface area contributed by atoms with Crippen LogP contribution in [0.1, 0.15) is 40.4 Å². The molecule has 143 valence electrons. The Labute approximate surface area is 184 Å². The third kappa shape index (κ3) is 4.45. The van der Waals surface area contributed by atoms with E-state index in [1.54, 1.807) is 0 Å². The van der Waals surface area contributed by atoms with Gasteiger partial charge in [0.1, 0.15) is 0 Å². The van der Waals surface area contributed by atoms with Crippen LogP contribution in [-0.4, -0.2) is 11.8 Å². The predicted molar refractivity (Wildman–Crippen MR) is 103 cm³/mol. The van der Waals surface area contributed by atoms with Crippen LogP contribution in [0, 0.1) is 5.92 Å². The third-order valence-electron chi connectivity index (χ3n) is 5.76. The molecule has 0 unspecified atom stereocenters. The monoisotopic (exact) mass is 496 g/mol. The second-order valence-corrected chi connectivity index (χ2v) is 26.5. The van der Waals surface area contributed by atoms with E-state index in [1.807, 2.05) is 0 Å². The summed E-state index contributed by atoms with van der Waals surface area (Å²) in [6, 6.07) is 17.7. The molecular formula is C21H26Cl2NOSiZr. The fourth-order valence-corrected chi connectivity index (χ4v) is 19.9. The van der Waals surface area contributed by atoms with Gasteiger partial charge in [0.05, 0.1) is 0 Å². The Bertz CT molecular complexity index is 750. The zero-order chi connectivity index (χ0) is 17.4. The molecule has 2 nitrogen and oxygen atoms in total. The smallest absolute Gasteiger partial charge is 1.00 e. The van der Waals surface area contributed by atoms with E-state index in [1.165, 1.54) is 35.1 Å². The van der Waals surface area contributed by atoms with Crippen LogP contribution >= 0.6 is 0 Å². The van der Waals surface area contributed by atoms with Gasteiger partial charge in [0.2, 0.25) is 0 Å². The fourth-order valence-electron chi connectivity index (χ4n) is 4.47. The van der Waals surface area contributed by atoms with Crippen molar-refractivity contribution in [2.24, 2.45) is 5.92 Å². The minimum atomic E-state index is -2.11. The van der Waals surface area contributed by atoms with Gasteiger partial charge in [-0.15, -0.1) is 0 Å². The van der Waals surface area contributed by atoms with Crippen LogP contribution in [0.2, 0.25) is 13.1 Å². The SMILES string of the molecule is C[SiH](C)[Zr+2]([NH]C(=O)C1CCCC1)[CH]1c2ccccc2-c2ccccc21.[Cl-].[Cl-]. The van der Waals surface area contributed by atoms with Gasteiger partial charge in [0, 0.05) is 0 Å². The molecule has 0 spiro atoms. The molecular weight excluding hydrogens is 472 g/mol. The normalized spacial score (nSPS) is 15.5. The molecule has 0 aliphatic heterocycles. The van der Waals surface area contributed by atoms with Gasteiger partial charge in [0.15, 0.2) is 0 Å². The Morgan fingerprint density at radius 3 is 1.89 bits per heavy atom. The zero-order valence-corrected chi connectivity index (χ0v) is 21.0. The van der Waals surface area contributed by atoms with Crippen LogP contribution in [-0.2, 0) is 26.0 Å². The van der Waals surface area contributed by atoms with Crippen LogP contribution in [0.15, 0.2) is 48.5 Å². The summed E-state index contributed by atoms with van der Waals surface area (Å²) < 4.78 is 4.21. The number of carbonyl (C=O) groups excluding carboxylic acids is 1. The molecule has 2 aliphatic carbocycles. The number of nitrogens with one attached hydrogen (secondary N) is 1. The Morgan fingerprint density at radius 2 is 1.41 bits per heavy atom. The molecule has 0 atom stereocenters. The molecule has 1 saturated carbocycles. The maximum absolute atomic E-state index is 12.9. The summed E-state index contributed by atoms with van der Waals surface area (Å²) in [5.74, 6) is -0.219. The van der Waals surface area contributed by atoms with Gasteiger partial charge in [0.25, 0.3) is 0 Å². The summed E-state index contributed by atoms with van der Waals surface area (Å²) in [5, 5.41) is 0. The molecule has 0 aromatic heterocycles. The van der Waals surface area contributed by atoms with Crippen molar-refractivity contribution < 1.29 is 50.8 Å². The summed E-state index contributed by atoms with van der Waals surface area (Å²) in [7, 11) is 0. The van der Waals surface area contributed by atoms with Gasteiger partial charge in [-0.3, -0.25) is 0 Å². The number of fused-ring (bicyclic) bond motifs is 3. The van der Waals surface area contributed by atoms with Gasteiger partial charge in [-0.1, -0.05) is 0 Å². The van der Waals surface area contributed by atoms with Crippen molar-refractivity contribution in [3.05, 3.63) is 59.7 Å². The van der Waals surface area contributed by atoms with Crippen molar-refractivity contribution in [1.29, 1.82) is 0 Å². The first-order chi connectivity index (χ1) is 12.2. The van der Waals surface area contributed by atoms with Crippen molar-refractivity contribution >= 4 is 11.8 Å².